The number of imidazole rings is 2. The minimum atomic E-state index is -0.325. The zero-order valence-corrected chi connectivity index (χ0v) is 29.9. The highest BCUT2D eigenvalue weighted by Crippen LogP contribution is 2.33. The highest BCUT2D eigenvalue weighted by Gasteiger charge is 2.32. The molecule has 0 saturated carbocycles. The van der Waals surface area contributed by atoms with Crippen LogP contribution in [0.2, 0.25) is 0 Å². The van der Waals surface area contributed by atoms with Crippen LogP contribution >= 0.6 is 0 Å². The molecule has 2 aliphatic heterocycles. The number of hydrogen-bond acceptors (Lipinski definition) is 6. The topological polar surface area (TPSA) is 116 Å². The molecule has 2 amide bonds. The fourth-order valence-electron chi connectivity index (χ4n) is 7.20. The van der Waals surface area contributed by atoms with E-state index in [-0.39, 0.29) is 37.5 Å². The van der Waals surface area contributed by atoms with Gasteiger partial charge in [0, 0.05) is 24.2 Å². The Morgan fingerprint density at radius 1 is 0.611 bits per heavy atom. The SMILES string of the molecule is O=C(OCc1ccccc1)N1CCCCC1c1nc2cc(C#CC#Cc3ccc4[nH]c(C5CCCCN5C(=O)OCc5ccccc5)nc4c3)ccc2[nH]1. The lowest BCUT2D eigenvalue weighted by Gasteiger charge is -2.33. The van der Waals surface area contributed by atoms with Crippen LogP contribution in [-0.2, 0) is 22.7 Å². The van der Waals surface area contributed by atoms with Gasteiger partial charge in [-0.2, -0.15) is 0 Å². The van der Waals surface area contributed by atoms with Gasteiger partial charge in [0.05, 0.1) is 34.2 Å². The molecular formula is C44H40N6O4. The lowest BCUT2D eigenvalue weighted by molar-refractivity contribution is 0.0655. The summed E-state index contributed by atoms with van der Waals surface area (Å²) in [6.07, 6.45) is 4.87. The van der Waals surface area contributed by atoms with E-state index in [2.05, 4.69) is 33.6 Å². The van der Waals surface area contributed by atoms with Gasteiger partial charge in [-0.25, -0.2) is 19.6 Å². The number of carbonyl (C=O) groups is 2. The predicted octanol–water partition coefficient (Wildman–Crippen LogP) is 8.57. The van der Waals surface area contributed by atoms with E-state index in [1.807, 2.05) is 97.1 Å². The molecule has 0 bridgehead atoms. The van der Waals surface area contributed by atoms with E-state index in [9.17, 15) is 9.59 Å². The zero-order chi connectivity index (χ0) is 36.7. The van der Waals surface area contributed by atoms with Gasteiger partial charge in [0.15, 0.2) is 0 Å². The Labute approximate surface area is 313 Å². The number of aromatic nitrogens is 4. The first kappa shape index (κ1) is 34.6. The molecule has 0 aliphatic carbocycles. The van der Waals surface area contributed by atoms with E-state index in [1.165, 1.54) is 0 Å². The Morgan fingerprint density at radius 3 is 1.50 bits per heavy atom. The lowest BCUT2D eigenvalue weighted by Crippen LogP contribution is -2.39. The molecule has 10 nitrogen and oxygen atoms in total. The number of likely N-dealkylation sites (tertiary alicyclic amines) is 2. The van der Waals surface area contributed by atoms with Crippen molar-refractivity contribution in [2.24, 2.45) is 0 Å². The summed E-state index contributed by atoms with van der Waals surface area (Å²) < 4.78 is 11.3. The molecule has 2 aliphatic rings. The van der Waals surface area contributed by atoms with Crippen LogP contribution < -0.4 is 0 Å². The minimum absolute atomic E-state index is 0.180. The number of ether oxygens (including phenoxy) is 2. The van der Waals surface area contributed by atoms with Gasteiger partial charge in [0.2, 0.25) is 0 Å². The second-order valence-electron chi connectivity index (χ2n) is 13.7. The highest BCUT2D eigenvalue weighted by molar-refractivity contribution is 5.79. The molecule has 4 aromatic carbocycles. The van der Waals surface area contributed by atoms with E-state index in [1.54, 1.807) is 9.80 Å². The first-order chi connectivity index (χ1) is 26.6. The van der Waals surface area contributed by atoms with Gasteiger partial charge in [0.1, 0.15) is 24.9 Å². The maximum Gasteiger partial charge on any atom is 0.410 e. The monoisotopic (exact) mass is 716 g/mol. The van der Waals surface area contributed by atoms with Crippen molar-refractivity contribution in [3.8, 4) is 23.7 Å². The molecule has 2 N–H and O–H groups in total. The first-order valence-electron chi connectivity index (χ1n) is 18.5. The average Bonchev–Trinajstić information content (AvgIpc) is 3.85. The van der Waals surface area contributed by atoms with Crippen molar-refractivity contribution in [2.45, 2.75) is 63.8 Å². The predicted molar refractivity (Wildman–Crippen MR) is 206 cm³/mol. The number of aromatic amines is 2. The molecule has 6 aromatic rings. The third kappa shape index (κ3) is 7.94. The third-order valence-corrected chi connectivity index (χ3v) is 10.00. The first-order valence-corrected chi connectivity index (χ1v) is 18.5. The van der Waals surface area contributed by atoms with Crippen molar-refractivity contribution in [1.82, 2.24) is 29.7 Å². The maximum absolute atomic E-state index is 13.1. The summed E-state index contributed by atoms with van der Waals surface area (Å²) in [7, 11) is 0. The van der Waals surface area contributed by atoms with Crippen LogP contribution in [0.15, 0.2) is 97.1 Å². The fraction of sp³-hybridized carbons (Fsp3) is 0.273. The van der Waals surface area contributed by atoms with Crippen molar-refractivity contribution in [1.29, 1.82) is 0 Å². The molecule has 270 valence electrons. The van der Waals surface area contributed by atoms with Gasteiger partial charge in [-0.15, -0.1) is 0 Å². The molecule has 2 aromatic heterocycles. The summed E-state index contributed by atoms with van der Waals surface area (Å²) >= 11 is 0. The number of H-pyrrole nitrogens is 2. The van der Waals surface area contributed by atoms with Crippen molar-refractivity contribution >= 4 is 34.3 Å². The Morgan fingerprint density at radius 2 is 1.06 bits per heavy atom. The Bertz CT molecular complexity index is 2230. The van der Waals surface area contributed by atoms with E-state index in [0.717, 1.165) is 94.5 Å². The minimum Gasteiger partial charge on any atom is -0.445 e. The van der Waals surface area contributed by atoms with Gasteiger partial charge >= 0.3 is 12.2 Å². The van der Waals surface area contributed by atoms with Gasteiger partial charge < -0.3 is 19.4 Å². The number of hydrogen-bond donors (Lipinski definition) is 2. The van der Waals surface area contributed by atoms with E-state index in [0.29, 0.717) is 13.1 Å². The number of carbonyl (C=O) groups excluding carboxylic acids is 2. The average molecular weight is 717 g/mol. The Balaban J connectivity index is 0.922. The van der Waals surface area contributed by atoms with E-state index in [4.69, 9.17) is 19.4 Å². The Hall–Kier alpha value is -6.52. The molecule has 0 radical (unpaired) electrons. The van der Waals surface area contributed by atoms with Gasteiger partial charge in [-0.1, -0.05) is 72.5 Å². The number of fused-ring (bicyclic) bond motifs is 2. The third-order valence-electron chi connectivity index (χ3n) is 10.00. The molecular weight excluding hydrogens is 677 g/mol. The summed E-state index contributed by atoms with van der Waals surface area (Å²) in [5, 5.41) is 0. The molecule has 54 heavy (non-hydrogen) atoms. The van der Waals surface area contributed by atoms with Crippen LogP contribution in [0.3, 0.4) is 0 Å². The van der Waals surface area contributed by atoms with Crippen LogP contribution in [0, 0.1) is 23.7 Å². The number of nitrogens with one attached hydrogen (secondary N) is 2. The number of nitrogens with zero attached hydrogens (tertiary/aromatic N) is 4. The summed E-state index contributed by atoms with van der Waals surface area (Å²) in [4.78, 5) is 46.4. The maximum atomic E-state index is 13.1. The summed E-state index contributed by atoms with van der Waals surface area (Å²) in [5.41, 5.74) is 6.85. The molecule has 2 unspecified atom stereocenters. The van der Waals surface area contributed by atoms with Crippen LogP contribution in [0.1, 0.15) is 84.5 Å². The van der Waals surface area contributed by atoms with Crippen LogP contribution in [0.5, 0.6) is 0 Å². The normalized spacial score (nSPS) is 17.0. The van der Waals surface area contributed by atoms with Crippen LogP contribution in [0.4, 0.5) is 9.59 Å². The highest BCUT2D eigenvalue weighted by atomic mass is 16.6. The van der Waals surface area contributed by atoms with E-state index < -0.39 is 0 Å². The summed E-state index contributed by atoms with van der Waals surface area (Å²) in [6, 6.07) is 30.7. The smallest absolute Gasteiger partial charge is 0.410 e. The molecule has 0 spiro atoms. The largest absolute Gasteiger partial charge is 0.445 e. The molecule has 10 heteroatoms. The van der Waals surface area contributed by atoms with E-state index >= 15 is 0 Å². The fourth-order valence-corrected chi connectivity index (χ4v) is 7.20. The van der Waals surface area contributed by atoms with Crippen molar-refractivity contribution < 1.29 is 19.1 Å². The number of benzene rings is 4. The molecule has 8 rings (SSSR count). The van der Waals surface area contributed by atoms with Gasteiger partial charge in [-0.3, -0.25) is 9.80 Å². The van der Waals surface area contributed by atoms with Crippen molar-refractivity contribution in [2.75, 3.05) is 13.1 Å². The number of piperidine rings is 2. The second kappa shape index (κ2) is 16.0. The quantitative estimate of drug-likeness (QED) is 0.167. The molecule has 4 heterocycles. The molecule has 2 fully saturated rings. The summed E-state index contributed by atoms with van der Waals surface area (Å²) in [5.74, 6) is 13.7. The number of rotatable bonds is 6. The molecule has 2 saturated heterocycles. The second-order valence-corrected chi connectivity index (χ2v) is 13.7. The summed E-state index contributed by atoms with van der Waals surface area (Å²) in [6.45, 7) is 1.73. The van der Waals surface area contributed by atoms with Crippen LogP contribution in [0.25, 0.3) is 22.1 Å². The standard InChI is InChI=1S/C44H40N6O4/c51-43(53-29-33-15-3-1-4-16-33)49-25-11-9-19-39(49)41-45-35-23-21-31(27-37(35)47-41)13-7-8-14-32-22-24-36-38(28-32)48-42(46-36)40-20-10-12-26-50(40)44(52)54-30-34-17-5-2-6-18-34/h1-6,15-18,21-24,27-28,39-40H,9-12,19-20,25-26,29-30H2,(H,45,47)(H,46,48). The molecule has 2 atom stereocenters. The zero-order valence-electron chi connectivity index (χ0n) is 29.9. The van der Waals surface area contributed by atoms with Crippen LogP contribution in [-0.4, -0.2) is 55.0 Å². The Kier molecular flexibility index (Phi) is 10.2. The number of amides is 2. The van der Waals surface area contributed by atoms with Crippen molar-refractivity contribution in [3.05, 3.63) is 131 Å². The van der Waals surface area contributed by atoms with Gasteiger partial charge in [0.25, 0.3) is 0 Å². The lowest BCUT2D eigenvalue weighted by atomic mass is 10.0. The van der Waals surface area contributed by atoms with Gasteiger partial charge in [-0.05, 0) is 97.9 Å². The van der Waals surface area contributed by atoms with Crippen molar-refractivity contribution in [3.63, 3.8) is 0 Å².